The van der Waals surface area contributed by atoms with Gasteiger partial charge in [-0.3, -0.25) is 0 Å². The van der Waals surface area contributed by atoms with Crippen molar-refractivity contribution in [3.05, 3.63) is 29.0 Å². The van der Waals surface area contributed by atoms with Crippen LogP contribution >= 0.6 is 24.0 Å². The number of nitrogens with one attached hydrogen (secondary N) is 1. The second-order valence-electron chi connectivity index (χ2n) is 4.06. The van der Waals surface area contributed by atoms with Crippen LogP contribution in [0.3, 0.4) is 0 Å². The lowest BCUT2D eigenvalue weighted by atomic mass is 10.1. The summed E-state index contributed by atoms with van der Waals surface area (Å²) in [4.78, 5) is 2.11. The van der Waals surface area contributed by atoms with Crippen LogP contribution in [0.5, 0.6) is 0 Å². The highest BCUT2D eigenvalue weighted by Crippen LogP contribution is 2.26. The van der Waals surface area contributed by atoms with Gasteiger partial charge < -0.3 is 10.2 Å². The first-order valence-corrected chi connectivity index (χ1v) is 6.02. The summed E-state index contributed by atoms with van der Waals surface area (Å²) in [5.41, 5.74) is 0.626. The lowest BCUT2D eigenvalue weighted by Crippen LogP contribution is -2.51. The third-order valence-electron chi connectivity index (χ3n) is 3.04. The number of nitrogens with zero attached hydrogens (tertiary/aromatic N) is 1. The first-order valence-electron chi connectivity index (χ1n) is 5.64. The maximum atomic E-state index is 13.7. The second kappa shape index (κ2) is 6.43. The van der Waals surface area contributed by atoms with Crippen LogP contribution in [0, 0.1) is 5.82 Å². The second-order valence-corrected chi connectivity index (χ2v) is 4.49. The smallest absolute Gasteiger partial charge is 0.146 e. The zero-order valence-corrected chi connectivity index (χ0v) is 11.3. The molecule has 5 heteroatoms. The van der Waals surface area contributed by atoms with E-state index in [4.69, 9.17) is 11.6 Å². The molecule has 1 saturated heterocycles. The number of anilines is 1. The van der Waals surface area contributed by atoms with Crippen LogP contribution in [-0.4, -0.2) is 25.7 Å². The highest BCUT2D eigenvalue weighted by atomic mass is 35.5. The molecule has 0 spiro atoms. The van der Waals surface area contributed by atoms with Crippen molar-refractivity contribution in [2.75, 3.05) is 24.5 Å². The van der Waals surface area contributed by atoms with E-state index in [-0.39, 0.29) is 18.2 Å². The van der Waals surface area contributed by atoms with E-state index < -0.39 is 0 Å². The molecule has 1 atom stereocenters. The van der Waals surface area contributed by atoms with Crippen molar-refractivity contribution in [2.45, 2.75) is 19.4 Å². The predicted molar refractivity (Wildman–Crippen MR) is 73.0 cm³/mol. The van der Waals surface area contributed by atoms with Crippen molar-refractivity contribution >= 4 is 29.7 Å². The first kappa shape index (κ1) is 14.6. The molecule has 1 aliphatic rings. The monoisotopic (exact) mass is 278 g/mol. The molecule has 1 N–H and O–H groups in total. The molecule has 0 aromatic heterocycles. The lowest BCUT2D eigenvalue weighted by Gasteiger charge is -2.37. The van der Waals surface area contributed by atoms with Gasteiger partial charge >= 0.3 is 0 Å². The van der Waals surface area contributed by atoms with Crippen LogP contribution < -0.4 is 10.2 Å². The summed E-state index contributed by atoms with van der Waals surface area (Å²) in [7, 11) is 0. The fourth-order valence-corrected chi connectivity index (χ4v) is 2.32. The van der Waals surface area contributed by atoms with Gasteiger partial charge in [0, 0.05) is 30.7 Å². The molecule has 1 aliphatic heterocycles. The highest BCUT2D eigenvalue weighted by Gasteiger charge is 2.23. The Balaban J connectivity index is 0.00000144. The minimum Gasteiger partial charge on any atom is -0.364 e. The zero-order chi connectivity index (χ0) is 11.5. The summed E-state index contributed by atoms with van der Waals surface area (Å²) in [6.45, 7) is 4.74. The van der Waals surface area contributed by atoms with Gasteiger partial charge in [-0.25, -0.2) is 4.39 Å². The van der Waals surface area contributed by atoms with Gasteiger partial charge in [-0.15, -0.1) is 12.4 Å². The number of piperazine rings is 1. The molecule has 2 nitrogen and oxygen atoms in total. The fraction of sp³-hybridized carbons (Fsp3) is 0.500. The van der Waals surface area contributed by atoms with Crippen LogP contribution in [-0.2, 0) is 0 Å². The van der Waals surface area contributed by atoms with Crippen molar-refractivity contribution < 1.29 is 4.39 Å². The molecule has 1 aromatic rings. The molecule has 1 fully saturated rings. The van der Waals surface area contributed by atoms with E-state index in [9.17, 15) is 4.39 Å². The quantitative estimate of drug-likeness (QED) is 0.895. The maximum absolute atomic E-state index is 13.7. The Morgan fingerprint density at radius 3 is 3.00 bits per heavy atom. The Morgan fingerprint density at radius 2 is 2.29 bits per heavy atom. The summed E-state index contributed by atoms with van der Waals surface area (Å²) in [6.07, 6.45) is 0.999. The largest absolute Gasteiger partial charge is 0.364 e. The minimum absolute atomic E-state index is 0. The summed E-state index contributed by atoms with van der Waals surface area (Å²) in [6, 6.07) is 5.09. The van der Waals surface area contributed by atoms with Gasteiger partial charge in [-0.05, 0) is 24.6 Å². The van der Waals surface area contributed by atoms with E-state index >= 15 is 0 Å². The normalized spacial score (nSPS) is 19.9. The van der Waals surface area contributed by atoms with E-state index in [0.29, 0.717) is 16.8 Å². The van der Waals surface area contributed by atoms with Crippen LogP contribution in [0.4, 0.5) is 10.1 Å². The SMILES string of the molecule is CC[C@H]1CNCCN1c1cc(Cl)ccc1F.Cl. The van der Waals surface area contributed by atoms with Gasteiger partial charge in [0.25, 0.3) is 0 Å². The predicted octanol–water partition coefficient (Wildman–Crippen LogP) is 3.09. The zero-order valence-electron chi connectivity index (χ0n) is 9.75. The van der Waals surface area contributed by atoms with E-state index in [1.54, 1.807) is 12.1 Å². The summed E-state index contributed by atoms with van der Waals surface area (Å²) < 4.78 is 13.7. The van der Waals surface area contributed by atoms with Crippen molar-refractivity contribution in [2.24, 2.45) is 0 Å². The highest BCUT2D eigenvalue weighted by molar-refractivity contribution is 6.30. The van der Waals surface area contributed by atoms with Gasteiger partial charge in [0.1, 0.15) is 5.82 Å². The Labute approximate surface area is 113 Å². The average Bonchev–Trinajstić information content (AvgIpc) is 2.32. The summed E-state index contributed by atoms with van der Waals surface area (Å²) in [5, 5.41) is 3.91. The molecular formula is C12H17Cl2FN2. The van der Waals surface area contributed by atoms with E-state index in [1.807, 2.05) is 0 Å². The average molecular weight is 279 g/mol. The molecule has 0 bridgehead atoms. The van der Waals surface area contributed by atoms with Crippen molar-refractivity contribution in [1.29, 1.82) is 0 Å². The number of hydrogen-bond acceptors (Lipinski definition) is 2. The third kappa shape index (κ3) is 3.24. The van der Waals surface area contributed by atoms with E-state index in [0.717, 1.165) is 26.1 Å². The van der Waals surface area contributed by atoms with Gasteiger partial charge in [0.15, 0.2) is 0 Å². The van der Waals surface area contributed by atoms with Gasteiger partial charge in [0.05, 0.1) is 5.69 Å². The Bertz CT molecular complexity index is 374. The summed E-state index contributed by atoms with van der Waals surface area (Å²) >= 11 is 5.92. The van der Waals surface area contributed by atoms with Crippen molar-refractivity contribution in [1.82, 2.24) is 5.32 Å². The van der Waals surface area contributed by atoms with Crippen molar-refractivity contribution in [3.8, 4) is 0 Å². The standard InChI is InChI=1S/C12H16ClFN2.ClH/c1-2-10-8-15-5-6-16(10)12-7-9(13)3-4-11(12)14;/h3-4,7,10,15H,2,5-6,8H2,1H3;1H/t10-;/m0./s1. The molecule has 1 aromatic carbocycles. The molecule has 96 valence electrons. The first-order chi connectivity index (χ1) is 7.72. The molecule has 0 radical (unpaired) electrons. The Kier molecular flexibility index (Phi) is 5.50. The number of hydrogen-bond donors (Lipinski definition) is 1. The van der Waals surface area contributed by atoms with Crippen LogP contribution in [0.2, 0.25) is 5.02 Å². The van der Waals surface area contributed by atoms with Gasteiger partial charge in [0.2, 0.25) is 0 Å². The molecule has 0 aliphatic carbocycles. The number of halogens is 3. The number of benzene rings is 1. The van der Waals surface area contributed by atoms with E-state index in [1.165, 1.54) is 6.07 Å². The van der Waals surface area contributed by atoms with Crippen molar-refractivity contribution in [3.63, 3.8) is 0 Å². The topological polar surface area (TPSA) is 15.3 Å². The summed E-state index contributed by atoms with van der Waals surface area (Å²) in [5.74, 6) is -0.190. The molecule has 1 heterocycles. The van der Waals surface area contributed by atoms with E-state index in [2.05, 4.69) is 17.1 Å². The van der Waals surface area contributed by atoms with Crippen LogP contribution in [0.25, 0.3) is 0 Å². The molecule has 0 amide bonds. The third-order valence-corrected chi connectivity index (χ3v) is 3.27. The molecule has 0 unspecified atom stereocenters. The minimum atomic E-state index is -0.190. The lowest BCUT2D eigenvalue weighted by molar-refractivity contribution is 0.459. The van der Waals surface area contributed by atoms with Crippen LogP contribution in [0.15, 0.2) is 18.2 Å². The Morgan fingerprint density at radius 1 is 1.53 bits per heavy atom. The molecule has 2 rings (SSSR count). The fourth-order valence-electron chi connectivity index (χ4n) is 2.15. The Hall–Kier alpha value is -0.510. The maximum Gasteiger partial charge on any atom is 0.146 e. The van der Waals surface area contributed by atoms with Crippen LogP contribution in [0.1, 0.15) is 13.3 Å². The molecule has 17 heavy (non-hydrogen) atoms. The number of rotatable bonds is 2. The molecular weight excluding hydrogens is 262 g/mol. The van der Waals surface area contributed by atoms with Gasteiger partial charge in [-0.1, -0.05) is 18.5 Å². The molecule has 0 saturated carbocycles. The van der Waals surface area contributed by atoms with Gasteiger partial charge in [-0.2, -0.15) is 0 Å².